The Labute approximate surface area is 162 Å². The summed E-state index contributed by atoms with van der Waals surface area (Å²) in [4.78, 5) is 24.6. The topological polar surface area (TPSA) is 76.1 Å². The second-order valence-corrected chi connectivity index (χ2v) is 7.47. The fourth-order valence-corrected chi connectivity index (χ4v) is 4.16. The molecule has 1 aliphatic heterocycles. The number of carboxylic acid groups (broad SMARTS) is 1. The third-order valence-corrected chi connectivity index (χ3v) is 5.18. The first kappa shape index (κ1) is 19.0. The van der Waals surface area contributed by atoms with Crippen molar-refractivity contribution >= 4 is 68.8 Å². The zero-order valence-corrected chi connectivity index (χ0v) is 16.7. The molecule has 6 nitrogen and oxygen atoms in total. The number of amides is 1. The Hall–Kier alpha value is -1.33. The highest BCUT2D eigenvalue weighted by molar-refractivity contribution is 14.1. The molecule has 1 aliphatic rings. The van der Waals surface area contributed by atoms with Gasteiger partial charge in [-0.2, -0.15) is 0 Å². The van der Waals surface area contributed by atoms with Crippen molar-refractivity contribution in [3.63, 3.8) is 0 Å². The summed E-state index contributed by atoms with van der Waals surface area (Å²) >= 11 is 8.29. The number of rotatable bonds is 6. The number of aliphatic carboxylic acids is 1. The molecule has 1 N–H and O–H groups in total. The minimum Gasteiger partial charge on any atom is -0.492 e. The van der Waals surface area contributed by atoms with E-state index in [1.54, 1.807) is 19.3 Å². The van der Waals surface area contributed by atoms with Gasteiger partial charge in [0.05, 0.1) is 22.2 Å². The molecule has 0 spiro atoms. The molecule has 0 aromatic heterocycles. The molecular formula is C15H14INO5S2. The highest BCUT2D eigenvalue weighted by Crippen LogP contribution is 2.37. The number of thioether (sulfide) groups is 1. The van der Waals surface area contributed by atoms with E-state index in [0.717, 1.165) is 25.8 Å². The van der Waals surface area contributed by atoms with Gasteiger partial charge in [0.1, 0.15) is 10.9 Å². The first-order valence-electron chi connectivity index (χ1n) is 6.84. The highest BCUT2D eigenvalue weighted by Gasteiger charge is 2.33. The maximum Gasteiger partial charge on any atom is 0.323 e. The summed E-state index contributed by atoms with van der Waals surface area (Å²) in [7, 11) is 1.57. The smallest absolute Gasteiger partial charge is 0.323 e. The molecule has 0 unspecified atom stereocenters. The molecular weight excluding hydrogens is 465 g/mol. The van der Waals surface area contributed by atoms with E-state index in [1.165, 1.54) is 0 Å². The van der Waals surface area contributed by atoms with Gasteiger partial charge in [0, 0.05) is 0 Å². The lowest BCUT2D eigenvalue weighted by Crippen LogP contribution is -2.33. The number of carbonyl (C=O) groups excluding carboxylic acids is 1. The first-order chi connectivity index (χ1) is 11.4. The molecule has 2 rings (SSSR count). The molecule has 9 heteroatoms. The van der Waals surface area contributed by atoms with E-state index in [4.69, 9.17) is 26.8 Å². The fourth-order valence-electron chi connectivity index (χ4n) is 2.06. The number of halogens is 1. The minimum atomic E-state index is -1.11. The lowest BCUT2D eigenvalue weighted by atomic mass is 10.2. The molecule has 1 amide bonds. The zero-order valence-electron chi connectivity index (χ0n) is 12.9. The van der Waals surface area contributed by atoms with Crippen LogP contribution in [0.3, 0.4) is 0 Å². The third-order valence-electron chi connectivity index (χ3n) is 3.00. The summed E-state index contributed by atoms with van der Waals surface area (Å²) in [5, 5.41) is 8.86. The third kappa shape index (κ3) is 4.19. The Morgan fingerprint density at radius 2 is 2.21 bits per heavy atom. The molecule has 0 atom stereocenters. The summed E-state index contributed by atoms with van der Waals surface area (Å²) in [6.07, 6.45) is 1.67. The van der Waals surface area contributed by atoms with Gasteiger partial charge in [-0.1, -0.05) is 24.0 Å². The average molecular weight is 479 g/mol. The Balaban J connectivity index is 2.36. The van der Waals surface area contributed by atoms with E-state index in [9.17, 15) is 9.59 Å². The van der Waals surface area contributed by atoms with Crippen LogP contribution in [0.25, 0.3) is 6.08 Å². The van der Waals surface area contributed by atoms with Crippen molar-refractivity contribution in [3.05, 3.63) is 26.2 Å². The van der Waals surface area contributed by atoms with Crippen LogP contribution in [0.1, 0.15) is 12.5 Å². The summed E-state index contributed by atoms with van der Waals surface area (Å²) in [6, 6.07) is 3.62. The molecule has 24 heavy (non-hydrogen) atoms. The number of ether oxygens (including phenoxy) is 2. The maximum absolute atomic E-state index is 12.3. The average Bonchev–Trinajstić information content (AvgIpc) is 2.75. The van der Waals surface area contributed by atoms with Crippen LogP contribution < -0.4 is 9.47 Å². The quantitative estimate of drug-likeness (QED) is 0.382. The van der Waals surface area contributed by atoms with Crippen LogP contribution in [-0.2, 0) is 9.59 Å². The van der Waals surface area contributed by atoms with Gasteiger partial charge >= 0.3 is 5.97 Å². The van der Waals surface area contributed by atoms with Crippen molar-refractivity contribution < 1.29 is 24.2 Å². The molecule has 1 aromatic carbocycles. The van der Waals surface area contributed by atoms with E-state index in [0.29, 0.717) is 23.0 Å². The van der Waals surface area contributed by atoms with Crippen molar-refractivity contribution in [1.29, 1.82) is 0 Å². The molecule has 1 fully saturated rings. The van der Waals surface area contributed by atoms with Gasteiger partial charge < -0.3 is 14.6 Å². The van der Waals surface area contributed by atoms with Gasteiger partial charge in [-0.25, -0.2) is 0 Å². The van der Waals surface area contributed by atoms with Gasteiger partial charge in [0.25, 0.3) is 5.91 Å². The number of thiocarbonyl (C=S) groups is 1. The second kappa shape index (κ2) is 8.17. The van der Waals surface area contributed by atoms with Crippen molar-refractivity contribution in [2.45, 2.75) is 6.92 Å². The van der Waals surface area contributed by atoms with E-state index in [-0.39, 0.29) is 4.32 Å². The maximum atomic E-state index is 12.3. The zero-order chi connectivity index (χ0) is 17.9. The van der Waals surface area contributed by atoms with Crippen molar-refractivity contribution in [3.8, 4) is 11.5 Å². The summed E-state index contributed by atoms with van der Waals surface area (Å²) in [5.41, 5.74) is 0.750. The normalized spacial score (nSPS) is 16.0. The van der Waals surface area contributed by atoms with Crippen LogP contribution in [0.2, 0.25) is 0 Å². The van der Waals surface area contributed by atoms with Crippen LogP contribution >= 0.6 is 46.6 Å². The standard InChI is InChI=1S/C15H14INO5S2/c1-3-22-10-5-8(4-9(16)13(10)21-2)6-11-14(20)17(7-12(18)19)15(23)24-11/h4-6H,3,7H2,1-2H3,(H,18,19)/b11-6-. The molecule has 128 valence electrons. The SMILES string of the molecule is CCOc1cc(/C=C2\SC(=S)N(CC(=O)O)C2=O)cc(I)c1OC. The van der Waals surface area contributed by atoms with Crippen molar-refractivity contribution in [2.24, 2.45) is 0 Å². The lowest BCUT2D eigenvalue weighted by molar-refractivity contribution is -0.140. The van der Waals surface area contributed by atoms with Crippen LogP contribution in [0, 0.1) is 3.57 Å². The monoisotopic (exact) mass is 479 g/mol. The number of benzene rings is 1. The van der Waals surface area contributed by atoms with Gasteiger partial charge in [-0.05, 0) is 53.3 Å². The van der Waals surface area contributed by atoms with Gasteiger partial charge in [0.15, 0.2) is 11.5 Å². The van der Waals surface area contributed by atoms with Gasteiger partial charge in [-0.15, -0.1) is 0 Å². The summed E-state index contributed by atoms with van der Waals surface area (Å²) in [6.45, 7) is 1.92. The van der Waals surface area contributed by atoms with E-state index < -0.39 is 18.4 Å². The molecule has 0 saturated carbocycles. The predicted octanol–water partition coefficient (Wildman–Crippen LogP) is 2.98. The summed E-state index contributed by atoms with van der Waals surface area (Å²) < 4.78 is 12.0. The van der Waals surface area contributed by atoms with Gasteiger partial charge in [0.2, 0.25) is 0 Å². The van der Waals surface area contributed by atoms with Crippen LogP contribution in [-0.4, -0.2) is 46.5 Å². The van der Waals surface area contributed by atoms with Crippen LogP contribution in [0.5, 0.6) is 11.5 Å². The molecule has 1 aromatic rings. The first-order valence-corrected chi connectivity index (χ1v) is 9.15. The number of hydrogen-bond acceptors (Lipinski definition) is 6. The van der Waals surface area contributed by atoms with E-state index >= 15 is 0 Å². The van der Waals surface area contributed by atoms with E-state index in [2.05, 4.69) is 22.6 Å². The largest absolute Gasteiger partial charge is 0.492 e. The fraction of sp³-hybridized carbons (Fsp3) is 0.267. The number of carboxylic acids is 1. The lowest BCUT2D eigenvalue weighted by Gasteiger charge is -2.12. The molecule has 0 radical (unpaired) electrons. The number of methoxy groups -OCH3 is 1. The van der Waals surface area contributed by atoms with Crippen molar-refractivity contribution in [2.75, 3.05) is 20.3 Å². The van der Waals surface area contributed by atoms with Crippen LogP contribution in [0.15, 0.2) is 17.0 Å². The van der Waals surface area contributed by atoms with E-state index in [1.807, 2.05) is 13.0 Å². The molecule has 1 heterocycles. The number of carbonyl (C=O) groups is 2. The highest BCUT2D eigenvalue weighted by atomic mass is 127. The molecule has 0 aliphatic carbocycles. The second-order valence-electron chi connectivity index (χ2n) is 4.63. The Morgan fingerprint density at radius 1 is 1.50 bits per heavy atom. The molecule has 0 bridgehead atoms. The Kier molecular flexibility index (Phi) is 6.47. The summed E-state index contributed by atoms with van der Waals surface area (Å²) in [5.74, 6) is -0.298. The number of hydrogen-bond donors (Lipinski definition) is 1. The van der Waals surface area contributed by atoms with Crippen molar-refractivity contribution in [1.82, 2.24) is 4.90 Å². The predicted molar refractivity (Wildman–Crippen MR) is 104 cm³/mol. The molecule has 1 saturated heterocycles. The van der Waals surface area contributed by atoms with Crippen LogP contribution in [0.4, 0.5) is 0 Å². The number of nitrogens with zero attached hydrogens (tertiary/aromatic N) is 1. The van der Waals surface area contributed by atoms with Gasteiger partial charge in [-0.3, -0.25) is 14.5 Å². The minimum absolute atomic E-state index is 0.238. The Morgan fingerprint density at radius 3 is 2.79 bits per heavy atom. The Bertz CT molecular complexity index is 735.